The number of nitrogens with zero attached hydrogens (tertiary/aromatic N) is 1. The van der Waals surface area contributed by atoms with Crippen LogP contribution in [-0.2, 0) is 0 Å². The summed E-state index contributed by atoms with van der Waals surface area (Å²) in [5.74, 6) is 0. The minimum atomic E-state index is 0.514. The number of hydrogen-bond acceptors (Lipinski definition) is 3. The van der Waals surface area contributed by atoms with Crippen molar-refractivity contribution >= 4 is 23.6 Å². The van der Waals surface area contributed by atoms with Gasteiger partial charge in [0.25, 0.3) is 0 Å². The van der Waals surface area contributed by atoms with Crippen LogP contribution in [0.5, 0.6) is 0 Å². The Balaban J connectivity index is 2.15. The Kier molecular flexibility index (Phi) is 3.04. The Hall–Kier alpha value is -1.78. The van der Waals surface area contributed by atoms with Gasteiger partial charge in [0.1, 0.15) is 0 Å². The van der Waals surface area contributed by atoms with Crippen LogP contribution >= 0.6 is 23.6 Å². The van der Waals surface area contributed by atoms with Crippen molar-refractivity contribution < 1.29 is 0 Å². The van der Waals surface area contributed by atoms with Crippen molar-refractivity contribution in [3.8, 4) is 21.8 Å². The van der Waals surface area contributed by atoms with Gasteiger partial charge in [-0.05, 0) is 29.7 Å². The van der Waals surface area contributed by atoms with E-state index < -0.39 is 0 Å². The molecule has 4 heteroatoms. The lowest BCUT2D eigenvalue weighted by atomic mass is 10.1. The molecule has 1 N–H and O–H groups in total. The number of aromatic amines is 1. The van der Waals surface area contributed by atoms with Gasteiger partial charge in [-0.1, -0.05) is 36.4 Å². The van der Waals surface area contributed by atoms with Crippen LogP contribution in [0.1, 0.15) is 0 Å². The third-order valence-corrected chi connectivity index (χ3v) is 3.70. The summed E-state index contributed by atoms with van der Waals surface area (Å²) >= 11 is 6.88. The van der Waals surface area contributed by atoms with Crippen molar-refractivity contribution in [3.63, 3.8) is 0 Å². The highest BCUT2D eigenvalue weighted by Crippen LogP contribution is 2.26. The SMILES string of the molecule is S=c1nc(-c2ccccc2)cc(-c2cccs2)[nH]1. The summed E-state index contributed by atoms with van der Waals surface area (Å²) < 4.78 is 0.514. The van der Waals surface area contributed by atoms with Gasteiger partial charge in [-0.25, -0.2) is 4.98 Å². The zero-order valence-electron chi connectivity index (χ0n) is 9.46. The topological polar surface area (TPSA) is 28.7 Å². The van der Waals surface area contributed by atoms with E-state index >= 15 is 0 Å². The average Bonchev–Trinajstić information content (AvgIpc) is 2.93. The first-order valence-corrected chi connectivity index (χ1v) is 6.82. The van der Waals surface area contributed by atoms with E-state index in [0.717, 1.165) is 17.0 Å². The Labute approximate surface area is 114 Å². The van der Waals surface area contributed by atoms with E-state index in [9.17, 15) is 0 Å². The Morgan fingerprint density at radius 1 is 1.06 bits per heavy atom. The molecule has 0 aliphatic carbocycles. The number of benzene rings is 1. The number of hydrogen-bond donors (Lipinski definition) is 1. The summed E-state index contributed by atoms with van der Waals surface area (Å²) in [5.41, 5.74) is 3.00. The maximum atomic E-state index is 5.20. The largest absolute Gasteiger partial charge is 0.330 e. The van der Waals surface area contributed by atoms with Crippen LogP contribution in [0.3, 0.4) is 0 Å². The molecule has 0 saturated heterocycles. The van der Waals surface area contributed by atoms with Gasteiger partial charge in [0.15, 0.2) is 4.77 Å². The van der Waals surface area contributed by atoms with Crippen LogP contribution in [0.25, 0.3) is 21.8 Å². The monoisotopic (exact) mass is 270 g/mol. The lowest BCUT2D eigenvalue weighted by molar-refractivity contribution is 1.15. The minimum Gasteiger partial charge on any atom is -0.330 e. The van der Waals surface area contributed by atoms with Gasteiger partial charge in [0.05, 0.1) is 16.3 Å². The molecule has 0 unspecified atom stereocenters. The van der Waals surface area contributed by atoms with E-state index in [0.29, 0.717) is 4.77 Å². The summed E-state index contributed by atoms with van der Waals surface area (Å²) in [6.45, 7) is 0. The molecule has 0 bridgehead atoms. The van der Waals surface area contributed by atoms with Crippen LogP contribution < -0.4 is 0 Å². The molecule has 0 aliphatic rings. The first-order chi connectivity index (χ1) is 8.83. The molecule has 0 atom stereocenters. The van der Waals surface area contributed by atoms with Crippen molar-refractivity contribution in [3.05, 3.63) is 58.7 Å². The predicted octanol–water partition coefficient (Wildman–Crippen LogP) is 4.53. The highest BCUT2D eigenvalue weighted by Gasteiger charge is 2.04. The second-order valence-corrected chi connectivity index (χ2v) is 5.16. The molecule has 2 nitrogen and oxygen atoms in total. The molecular weight excluding hydrogens is 260 g/mol. The van der Waals surface area contributed by atoms with Gasteiger partial charge in [-0.3, -0.25) is 0 Å². The Morgan fingerprint density at radius 3 is 2.61 bits per heavy atom. The molecule has 3 rings (SSSR count). The van der Waals surface area contributed by atoms with Crippen LogP contribution in [0.4, 0.5) is 0 Å². The van der Waals surface area contributed by atoms with Gasteiger partial charge in [0, 0.05) is 5.56 Å². The molecule has 0 fully saturated rings. The first kappa shape index (κ1) is 11.3. The highest BCUT2D eigenvalue weighted by atomic mass is 32.1. The zero-order chi connectivity index (χ0) is 12.4. The fourth-order valence-electron chi connectivity index (χ4n) is 1.78. The Bertz CT molecular complexity index is 700. The van der Waals surface area contributed by atoms with Crippen LogP contribution in [0, 0.1) is 4.77 Å². The molecule has 3 aromatic rings. The summed E-state index contributed by atoms with van der Waals surface area (Å²) in [4.78, 5) is 8.68. The lowest BCUT2D eigenvalue weighted by Crippen LogP contribution is -1.90. The third-order valence-electron chi connectivity index (χ3n) is 2.60. The Morgan fingerprint density at radius 2 is 1.89 bits per heavy atom. The highest BCUT2D eigenvalue weighted by molar-refractivity contribution is 7.71. The number of aromatic nitrogens is 2. The molecule has 2 aromatic heterocycles. The molecule has 2 heterocycles. The molecule has 1 aromatic carbocycles. The third kappa shape index (κ3) is 2.25. The van der Waals surface area contributed by atoms with Crippen molar-refractivity contribution in [1.82, 2.24) is 9.97 Å². The van der Waals surface area contributed by atoms with Crippen molar-refractivity contribution in [2.45, 2.75) is 0 Å². The molecule has 88 valence electrons. The van der Waals surface area contributed by atoms with Gasteiger partial charge in [0.2, 0.25) is 0 Å². The molecular formula is C14H10N2S2. The van der Waals surface area contributed by atoms with E-state index in [1.54, 1.807) is 11.3 Å². The number of rotatable bonds is 2. The van der Waals surface area contributed by atoms with Gasteiger partial charge >= 0.3 is 0 Å². The molecule has 0 aliphatic heterocycles. The average molecular weight is 270 g/mol. The summed E-state index contributed by atoms with van der Waals surface area (Å²) in [7, 11) is 0. The standard InChI is InChI=1S/C14H10N2S2/c17-14-15-11(10-5-2-1-3-6-10)9-12(16-14)13-7-4-8-18-13/h1-9H,(H,15,16,17). The maximum Gasteiger partial charge on any atom is 0.197 e. The number of nitrogens with one attached hydrogen (secondary N) is 1. The van der Waals surface area contributed by atoms with E-state index in [1.165, 1.54) is 4.88 Å². The summed E-state index contributed by atoms with van der Waals surface area (Å²) in [6.07, 6.45) is 0. The second kappa shape index (κ2) is 4.84. The first-order valence-electron chi connectivity index (χ1n) is 5.53. The smallest absolute Gasteiger partial charge is 0.197 e. The fourth-order valence-corrected chi connectivity index (χ4v) is 2.69. The minimum absolute atomic E-state index is 0.514. The van der Waals surface area contributed by atoms with Crippen molar-refractivity contribution in [1.29, 1.82) is 0 Å². The van der Waals surface area contributed by atoms with E-state index in [2.05, 4.69) is 21.4 Å². The maximum absolute atomic E-state index is 5.20. The van der Waals surface area contributed by atoms with Gasteiger partial charge < -0.3 is 4.98 Å². The molecule has 0 amide bonds. The summed E-state index contributed by atoms with van der Waals surface area (Å²) in [5, 5.41) is 2.05. The molecule has 0 radical (unpaired) electrons. The lowest BCUT2D eigenvalue weighted by Gasteiger charge is -2.03. The number of H-pyrrole nitrogens is 1. The van der Waals surface area contributed by atoms with Gasteiger partial charge in [-0.15, -0.1) is 11.3 Å². The second-order valence-electron chi connectivity index (χ2n) is 3.83. The normalized spacial score (nSPS) is 10.4. The predicted molar refractivity (Wildman–Crippen MR) is 78.2 cm³/mol. The van der Waals surface area contributed by atoms with E-state index in [-0.39, 0.29) is 0 Å². The quantitative estimate of drug-likeness (QED) is 0.693. The van der Waals surface area contributed by atoms with Crippen LogP contribution in [0.15, 0.2) is 53.9 Å². The summed E-state index contributed by atoms with van der Waals surface area (Å²) in [6, 6.07) is 16.2. The zero-order valence-corrected chi connectivity index (χ0v) is 11.1. The fraction of sp³-hybridized carbons (Fsp3) is 0. The van der Waals surface area contributed by atoms with Crippen LogP contribution in [-0.4, -0.2) is 9.97 Å². The molecule has 0 spiro atoms. The van der Waals surface area contributed by atoms with Gasteiger partial charge in [-0.2, -0.15) is 0 Å². The number of thiophene rings is 1. The molecule has 18 heavy (non-hydrogen) atoms. The van der Waals surface area contributed by atoms with Crippen molar-refractivity contribution in [2.75, 3.05) is 0 Å². The van der Waals surface area contributed by atoms with Crippen LogP contribution in [0.2, 0.25) is 0 Å². The van der Waals surface area contributed by atoms with E-state index in [4.69, 9.17) is 12.2 Å². The van der Waals surface area contributed by atoms with Crippen molar-refractivity contribution in [2.24, 2.45) is 0 Å². The molecule has 0 saturated carbocycles. The van der Waals surface area contributed by atoms with E-state index in [1.807, 2.05) is 42.5 Å².